The molecular formula is C24H23F3N4O6S2. The van der Waals surface area contributed by atoms with Crippen LogP contribution in [0.1, 0.15) is 16.7 Å². The van der Waals surface area contributed by atoms with E-state index in [0.29, 0.717) is 22.5 Å². The molecule has 2 N–H and O–H groups in total. The van der Waals surface area contributed by atoms with Crippen molar-refractivity contribution in [1.82, 2.24) is 14.7 Å². The molecule has 1 aliphatic rings. The van der Waals surface area contributed by atoms with Crippen LogP contribution in [-0.4, -0.2) is 81.2 Å². The summed E-state index contributed by atoms with van der Waals surface area (Å²) in [4.78, 5) is 17.0. The maximum absolute atomic E-state index is 13.7. The van der Waals surface area contributed by atoms with Crippen LogP contribution in [-0.2, 0) is 38.2 Å². The monoisotopic (exact) mass is 584 g/mol. The van der Waals surface area contributed by atoms with Crippen molar-refractivity contribution >= 4 is 48.7 Å². The number of amidine groups is 1. The number of sulfone groups is 1. The van der Waals surface area contributed by atoms with Gasteiger partial charge in [0.15, 0.2) is 9.84 Å². The highest BCUT2D eigenvalue weighted by molar-refractivity contribution is 8.05. The van der Waals surface area contributed by atoms with Crippen molar-refractivity contribution in [2.45, 2.75) is 23.7 Å². The number of aliphatic hydroxyl groups is 2. The summed E-state index contributed by atoms with van der Waals surface area (Å²) in [5, 5.41) is 23.2. The lowest BCUT2D eigenvalue weighted by Gasteiger charge is -2.19. The van der Waals surface area contributed by atoms with E-state index in [1.165, 1.54) is 28.9 Å². The summed E-state index contributed by atoms with van der Waals surface area (Å²) in [5.74, 6) is -0.721. The van der Waals surface area contributed by atoms with Gasteiger partial charge in [0, 0.05) is 25.2 Å². The van der Waals surface area contributed by atoms with Gasteiger partial charge in [0.25, 0.3) is 5.91 Å². The van der Waals surface area contributed by atoms with E-state index >= 15 is 0 Å². The number of carbonyl (C=O) groups excluding carboxylic acids is 1. The van der Waals surface area contributed by atoms with Gasteiger partial charge in [0.05, 0.1) is 41.4 Å². The summed E-state index contributed by atoms with van der Waals surface area (Å²) in [6.07, 6.45) is -2.26. The highest BCUT2D eigenvalue weighted by Gasteiger charge is 2.35. The van der Waals surface area contributed by atoms with Crippen molar-refractivity contribution in [3.63, 3.8) is 0 Å². The second kappa shape index (κ2) is 10.6. The summed E-state index contributed by atoms with van der Waals surface area (Å²) in [6, 6.07) is 7.61. The number of hydrogen-bond acceptors (Lipinski definition) is 8. The van der Waals surface area contributed by atoms with Crippen LogP contribution in [0.15, 0.2) is 57.4 Å². The standard InChI is InChI=1S/C24H23F3N4O6S2/c1-30(12-17(33)13-32)23-29-22(34)21(38(23)35)8-14-3-6-20-16(7-14)10-28-31(20)11-15-4-5-18(39(2,36)37)9-19(15)24(25,26)27/h3-10,17,32-33H,11-13H2,1-2H3. The number of carbonyl (C=O) groups is 1. The first-order valence-corrected chi connectivity index (χ1v) is 14.4. The van der Waals surface area contributed by atoms with Gasteiger partial charge in [-0.15, -0.1) is 0 Å². The average Bonchev–Trinajstić information content (AvgIpc) is 3.38. The van der Waals surface area contributed by atoms with Crippen molar-refractivity contribution in [3.8, 4) is 0 Å². The number of fused-ring (bicyclic) bond motifs is 1. The third kappa shape index (κ3) is 6.11. The van der Waals surface area contributed by atoms with Gasteiger partial charge in [-0.1, -0.05) is 12.1 Å². The molecule has 0 fully saturated rings. The SMILES string of the molecule is CN(CC(O)CO)C1=NC(=O)C(=Cc2ccc3c(cnn3Cc3ccc(S(C)(=O)=O)cc3C(F)(F)F)c2)S1=O. The summed E-state index contributed by atoms with van der Waals surface area (Å²) in [6.45, 7) is -0.883. The number of aromatic nitrogens is 2. The zero-order valence-electron chi connectivity index (χ0n) is 20.6. The Balaban J connectivity index is 1.61. The average molecular weight is 585 g/mol. The fourth-order valence-electron chi connectivity index (χ4n) is 3.98. The molecule has 0 saturated carbocycles. The Labute approximate surface area is 223 Å². The van der Waals surface area contributed by atoms with E-state index in [1.54, 1.807) is 18.2 Å². The molecule has 2 atom stereocenters. The molecule has 15 heteroatoms. The fourth-order valence-corrected chi connectivity index (χ4v) is 5.79. The Morgan fingerprint density at radius 3 is 2.56 bits per heavy atom. The van der Waals surface area contributed by atoms with Gasteiger partial charge >= 0.3 is 6.18 Å². The number of hydrogen-bond donors (Lipinski definition) is 2. The summed E-state index contributed by atoms with van der Waals surface area (Å²) < 4.78 is 78.8. The first-order chi connectivity index (χ1) is 18.2. The van der Waals surface area contributed by atoms with Crippen molar-refractivity contribution in [1.29, 1.82) is 0 Å². The zero-order chi connectivity index (χ0) is 28.7. The van der Waals surface area contributed by atoms with E-state index in [0.717, 1.165) is 18.4 Å². The maximum atomic E-state index is 13.7. The van der Waals surface area contributed by atoms with Crippen LogP contribution in [0.5, 0.6) is 0 Å². The number of alkyl halides is 3. The molecule has 1 amide bonds. The highest BCUT2D eigenvalue weighted by Crippen LogP contribution is 2.34. The van der Waals surface area contributed by atoms with Gasteiger partial charge in [-0.25, -0.2) is 12.6 Å². The second-order valence-corrected chi connectivity index (χ2v) is 12.3. The van der Waals surface area contributed by atoms with E-state index in [9.17, 15) is 35.7 Å². The van der Waals surface area contributed by atoms with Crippen LogP contribution >= 0.6 is 0 Å². The lowest BCUT2D eigenvalue weighted by molar-refractivity contribution is -0.138. The number of benzene rings is 2. The predicted molar refractivity (Wildman–Crippen MR) is 138 cm³/mol. The molecule has 0 spiro atoms. The molecular weight excluding hydrogens is 561 g/mol. The summed E-state index contributed by atoms with van der Waals surface area (Å²) in [7, 11) is -4.29. The lowest BCUT2D eigenvalue weighted by Crippen LogP contribution is -2.36. The molecule has 0 saturated heterocycles. The molecule has 0 aliphatic carbocycles. The van der Waals surface area contributed by atoms with Crippen molar-refractivity contribution in [2.24, 2.45) is 4.99 Å². The zero-order valence-corrected chi connectivity index (χ0v) is 22.2. The Bertz CT molecular complexity index is 1650. The first kappa shape index (κ1) is 28.6. The molecule has 1 aliphatic heterocycles. The minimum atomic E-state index is -4.78. The third-order valence-electron chi connectivity index (χ3n) is 5.89. The van der Waals surface area contributed by atoms with Crippen molar-refractivity contribution < 1.29 is 40.8 Å². The third-order valence-corrected chi connectivity index (χ3v) is 8.43. The lowest BCUT2D eigenvalue weighted by atomic mass is 10.1. The van der Waals surface area contributed by atoms with Crippen LogP contribution in [0.2, 0.25) is 0 Å². The Morgan fingerprint density at radius 1 is 1.21 bits per heavy atom. The van der Waals surface area contributed by atoms with Crippen LogP contribution < -0.4 is 0 Å². The number of nitrogens with zero attached hydrogens (tertiary/aromatic N) is 4. The van der Waals surface area contributed by atoms with E-state index in [2.05, 4.69) is 10.1 Å². The normalized spacial score (nSPS) is 18.1. The quantitative estimate of drug-likeness (QED) is 0.401. The Kier molecular flexibility index (Phi) is 7.80. The summed E-state index contributed by atoms with van der Waals surface area (Å²) in [5.41, 5.74) is -0.296. The molecule has 0 bridgehead atoms. The Morgan fingerprint density at radius 2 is 1.92 bits per heavy atom. The second-order valence-electron chi connectivity index (χ2n) is 8.90. The number of rotatable bonds is 7. The molecule has 10 nitrogen and oxygen atoms in total. The van der Waals surface area contributed by atoms with Crippen molar-refractivity contribution in [2.75, 3.05) is 26.5 Å². The van der Waals surface area contributed by atoms with E-state index < -0.39 is 55.9 Å². The Hall–Kier alpha value is -3.40. The van der Waals surface area contributed by atoms with E-state index in [-0.39, 0.29) is 28.7 Å². The number of aliphatic hydroxyl groups excluding tert-OH is 2. The molecule has 0 radical (unpaired) electrons. The fraction of sp³-hybridized carbons (Fsp3) is 0.292. The topological polar surface area (TPSA) is 142 Å². The maximum Gasteiger partial charge on any atom is 0.416 e. The van der Waals surface area contributed by atoms with Crippen LogP contribution in [0.4, 0.5) is 13.2 Å². The molecule has 4 rings (SSSR count). The number of halogens is 3. The molecule has 208 valence electrons. The smallest absolute Gasteiger partial charge is 0.394 e. The van der Waals surface area contributed by atoms with Gasteiger partial charge in [0.1, 0.15) is 15.7 Å². The predicted octanol–water partition coefficient (Wildman–Crippen LogP) is 1.78. The van der Waals surface area contributed by atoms with E-state index in [1.807, 2.05) is 0 Å². The molecule has 3 aromatic rings. The van der Waals surface area contributed by atoms with Crippen LogP contribution in [0.3, 0.4) is 0 Å². The number of likely N-dealkylation sites (N-methyl/N-ethyl adjacent to an activating group) is 1. The molecule has 2 heterocycles. The van der Waals surface area contributed by atoms with E-state index in [4.69, 9.17) is 5.11 Å². The minimum Gasteiger partial charge on any atom is -0.394 e. The van der Waals surface area contributed by atoms with Gasteiger partial charge in [-0.2, -0.15) is 23.3 Å². The minimum absolute atomic E-state index is 0.0602. The van der Waals surface area contributed by atoms with Crippen LogP contribution in [0, 0.1) is 0 Å². The highest BCUT2D eigenvalue weighted by atomic mass is 32.2. The van der Waals surface area contributed by atoms with Gasteiger partial charge < -0.3 is 15.1 Å². The molecule has 1 aromatic heterocycles. The van der Waals surface area contributed by atoms with Crippen LogP contribution in [0.25, 0.3) is 17.0 Å². The molecule has 2 aromatic carbocycles. The van der Waals surface area contributed by atoms with Crippen molar-refractivity contribution in [3.05, 3.63) is 64.2 Å². The van der Waals surface area contributed by atoms with Gasteiger partial charge in [0.2, 0.25) is 5.17 Å². The molecule has 39 heavy (non-hydrogen) atoms. The largest absolute Gasteiger partial charge is 0.416 e. The first-order valence-electron chi connectivity index (χ1n) is 11.3. The summed E-state index contributed by atoms with van der Waals surface area (Å²) >= 11 is 0. The number of amides is 1. The van der Waals surface area contributed by atoms with Gasteiger partial charge in [-0.05, 0) is 41.5 Å². The van der Waals surface area contributed by atoms with Gasteiger partial charge in [-0.3, -0.25) is 9.48 Å². The molecule has 2 unspecified atom stereocenters. The number of aliphatic imine (C=N–C) groups is 1.